The minimum Gasteiger partial charge on any atom is -0.504 e. The highest BCUT2D eigenvalue weighted by molar-refractivity contribution is 5.87. The Morgan fingerprint density at radius 3 is 2.38 bits per heavy atom. The third-order valence-electron chi connectivity index (χ3n) is 3.46. The number of hydrogen-bond donors (Lipinski definition) is 2. The predicted molar refractivity (Wildman–Crippen MR) is 90.5 cm³/mol. The summed E-state index contributed by atoms with van der Waals surface area (Å²) in [6.07, 6.45) is 1.90. The van der Waals surface area contributed by atoms with Gasteiger partial charge in [-0.25, -0.2) is 4.79 Å². The molecule has 0 bridgehead atoms. The van der Waals surface area contributed by atoms with Gasteiger partial charge in [-0.1, -0.05) is 36.4 Å². The second kappa shape index (κ2) is 8.74. The number of rotatable bonds is 3. The van der Waals surface area contributed by atoms with Crippen LogP contribution >= 0.6 is 0 Å². The standard InChI is InChI=1S/C12H14O3.C7H6O2/c1-9-6-7-14-8-12(9)15-11-5-3-2-4-10(11)13;8-7(9)6-4-2-1-3-5-6/h2-6,12-13H,7-8H2,1H3;1-5H,(H,8,9). The highest BCUT2D eigenvalue weighted by Crippen LogP contribution is 2.27. The van der Waals surface area contributed by atoms with Crippen LogP contribution in [0.5, 0.6) is 11.5 Å². The van der Waals surface area contributed by atoms with Crippen molar-refractivity contribution in [3.05, 3.63) is 71.8 Å². The molecular formula is C19H20O5. The van der Waals surface area contributed by atoms with Crippen molar-refractivity contribution >= 4 is 5.97 Å². The quantitative estimate of drug-likeness (QED) is 0.843. The fraction of sp³-hybridized carbons (Fsp3) is 0.211. The normalized spacial score (nSPS) is 16.4. The number of aromatic carboxylic acids is 1. The average molecular weight is 328 g/mol. The molecule has 126 valence electrons. The fourth-order valence-corrected chi connectivity index (χ4v) is 2.05. The molecule has 1 atom stereocenters. The molecule has 2 aromatic rings. The summed E-state index contributed by atoms with van der Waals surface area (Å²) in [5, 5.41) is 17.9. The highest BCUT2D eigenvalue weighted by atomic mass is 16.5. The molecule has 0 saturated carbocycles. The molecule has 2 N–H and O–H groups in total. The maximum absolute atomic E-state index is 10.2. The number of carboxylic acid groups (broad SMARTS) is 1. The van der Waals surface area contributed by atoms with Crippen LogP contribution in [0.2, 0.25) is 0 Å². The van der Waals surface area contributed by atoms with Crippen molar-refractivity contribution in [2.24, 2.45) is 0 Å². The van der Waals surface area contributed by atoms with Gasteiger partial charge in [-0.05, 0) is 36.8 Å². The first kappa shape index (κ1) is 17.6. The molecule has 5 nitrogen and oxygen atoms in total. The van der Waals surface area contributed by atoms with E-state index in [1.807, 2.05) is 19.1 Å². The van der Waals surface area contributed by atoms with E-state index >= 15 is 0 Å². The molecule has 3 rings (SSSR count). The van der Waals surface area contributed by atoms with Crippen molar-refractivity contribution < 1.29 is 24.5 Å². The summed E-state index contributed by atoms with van der Waals surface area (Å²) in [6, 6.07) is 15.2. The second-order valence-electron chi connectivity index (χ2n) is 5.23. The van der Waals surface area contributed by atoms with E-state index in [1.165, 1.54) is 0 Å². The van der Waals surface area contributed by atoms with Gasteiger partial charge < -0.3 is 19.7 Å². The molecule has 0 radical (unpaired) electrons. The van der Waals surface area contributed by atoms with Crippen LogP contribution in [0.15, 0.2) is 66.2 Å². The summed E-state index contributed by atoms with van der Waals surface area (Å²) in [6.45, 7) is 3.19. The zero-order valence-corrected chi connectivity index (χ0v) is 13.4. The van der Waals surface area contributed by atoms with Gasteiger partial charge in [0, 0.05) is 0 Å². The first-order chi connectivity index (χ1) is 11.6. The molecule has 1 aliphatic rings. The SMILES string of the molecule is CC1=CCOCC1Oc1ccccc1O.O=C(O)c1ccccc1. The minimum absolute atomic E-state index is 0.0907. The lowest BCUT2D eigenvalue weighted by molar-refractivity contribution is 0.0667. The summed E-state index contributed by atoms with van der Waals surface area (Å²) < 4.78 is 10.9. The van der Waals surface area contributed by atoms with Crippen LogP contribution in [-0.4, -0.2) is 35.5 Å². The Labute approximate surface area is 140 Å². The number of para-hydroxylation sites is 2. The summed E-state index contributed by atoms with van der Waals surface area (Å²) >= 11 is 0. The maximum atomic E-state index is 10.2. The van der Waals surface area contributed by atoms with E-state index in [0.29, 0.717) is 24.5 Å². The number of hydrogen-bond acceptors (Lipinski definition) is 4. The molecular weight excluding hydrogens is 308 g/mol. The van der Waals surface area contributed by atoms with Gasteiger partial charge in [0.1, 0.15) is 6.10 Å². The Bertz CT molecular complexity index is 694. The first-order valence-corrected chi connectivity index (χ1v) is 7.55. The van der Waals surface area contributed by atoms with E-state index in [-0.39, 0.29) is 11.9 Å². The van der Waals surface area contributed by atoms with Gasteiger partial charge in [0.2, 0.25) is 0 Å². The van der Waals surface area contributed by atoms with E-state index in [2.05, 4.69) is 0 Å². The summed E-state index contributed by atoms with van der Waals surface area (Å²) in [5.41, 5.74) is 1.47. The molecule has 1 aliphatic heterocycles. The Balaban J connectivity index is 0.000000198. The molecule has 1 heterocycles. The van der Waals surface area contributed by atoms with Crippen LogP contribution in [0, 0.1) is 0 Å². The van der Waals surface area contributed by atoms with Crippen LogP contribution in [0.25, 0.3) is 0 Å². The lowest BCUT2D eigenvalue weighted by Gasteiger charge is -2.23. The molecule has 0 amide bonds. The van der Waals surface area contributed by atoms with Crippen molar-refractivity contribution in [3.8, 4) is 11.5 Å². The van der Waals surface area contributed by atoms with Gasteiger partial charge in [0.15, 0.2) is 11.5 Å². The van der Waals surface area contributed by atoms with Crippen LogP contribution in [0.1, 0.15) is 17.3 Å². The van der Waals surface area contributed by atoms with Crippen LogP contribution in [0.3, 0.4) is 0 Å². The van der Waals surface area contributed by atoms with E-state index in [9.17, 15) is 9.90 Å². The Morgan fingerprint density at radius 1 is 1.12 bits per heavy atom. The minimum atomic E-state index is -0.879. The first-order valence-electron chi connectivity index (χ1n) is 7.55. The molecule has 0 aromatic heterocycles. The van der Waals surface area contributed by atoms with Crippen LogP contribution < -0.4 is 4.74 Å². The molecule has 0 fully saturated rings. The third kappa shape index (κ3) is 5.14. The molecule has 5 heteroatoms. The van der Waals surface area contributed by atoms with Gasteiger partial charge in [0.25, 0.3) is 0 Å². The topological polar surface area (TPSA) is 76.0 Å². The smallest absolute Gasteiger partial charge is 0.335 e. The Hall–Kier alpha value is -2.79. The number of phenols is 1. The van der Waals surface area contributed by atoms with Crippen LogP contribution in [0.4, 0.5) is 0 Å². The molecule has 0 spiro atoms. The van der Waals surface area contributed by atoms with Crippen molar-refractivity contribution in [1.82, 2.24) is 0 Å². The maximum Gasteiger partial charge on any atom is 0.335 e. The number of ether oxygens (including phenoxy) is 2. The van der Waals surface area contributed by atoms with Crippen LogP contribution in [-0.2, 0) is 4.74 Å². The Morgan fingerprint density at radius 2 is 1.79 bits per heavy atom. The largest absolute Gasteiger partial charge is 0.504 e. The number of phenolic OH excluding ortho intramolecular Hbond substituents is 1. The highest BCUT2D eigenvalue weighted by Gasteiger charge is 2.17. The number of carbonyl (C=O) groups is 1. The zero-order valence-electron chi connectivity index (χ0n) is 13.4. The van der Waals surface area contributed by atoms with E-state index < -0.39 is 5.97 Å². The molecule has 0 saturated heterocycles. The van der Waals surface area contributed by atoms with E-state index in [1.54, 1.807) is 48.5 Å². The van der Waals surface area contributed by atoms with Crippen molar-refractivity contribution in [3.63, 3.8) is 0 Å². The van der Waals surface area contributed by atoms with E-state index in [0.717, 1.165) is 5.57 Å². The number of aromatic hydroxyl groups is 1. The summed E-state index contributed by atoms with van der Waals surface area (Å²) in [4.78, 5) is 10.2. The number of carboxylic acids is 1. The summed E-state index contributed by atoms with van der Waals surface area (Å²) in [5.74, 6) is -0.216. The molecule has 24 heavy (non-hydrogen) atoms. The molecule has 2 aromatic carbocycles. The van der Waals surface area contributed by atoms with Gasteiger partial charge in [0.05, 0.1) is 18.8 Å². The summed E-state index contributed by atoms with van der Waals surface area (Å²) in [7, 11) is 0. The van der Waals surface area contributed by atoms with Gasteiger partial charge in [-0.3, -0.25) is 0 Å². The van der Waals surface area contributed by atoms with Crippen molar-refractivity contribution in [1.29, 1.82) is 0 Å². The van der Waals surface area contributed by atoms with Gasteiger partial charge in [-0.15, -0.1) is 0 Å². The van der Waals surface area contributed by atoms with Gasteiger partial charge >= 0.3 is 5.97 Å². The average Bonchev–Trinajstić information content (AvgIpc) is 2.60. The third-order valence-corrected chi connectivity index (χ3v) is 3.46. The predicted octanol–water partition coefficient (Wildman–Crippen LogP) is 3.50. The van der Waals surface area contributed by atoms with Gasteiger partial charge in [-0.2, -0.15) is 0 Å². The lowest BCUT2D eigenvalue weighted by atomic mass is 10.1. The van der Waals surface area contributed by atoms with Crippen molar-refractivity contribution in [2.75, 3.05) is 13.2 Å². The van der Waals surface area contributed by atoms with E-state index in [4.69, 9.17) is 14.6 Å². The molecule has 0 aliphatic carbocycles. The second-order valence-corrected chi connectivity index (χ2v) is 5.23. The Kier molecular flexibility index (Phi) is 6.40. The fourth-order valence-electron chi connectivity index (χ4n) is 2.05. The zero-order chi connectivity index (χ0) is 17.4. The number of benzene rings is 2. The van der Waals surface area contributed by atoms with Crippen molar-refractivity contribution in [2.45, 2.75) is 13.0 Å². The molecule has 1 unspecified atom stereocenters. The lowest BCUT2D eigenvalue weighted by Crippen LogP contribution is -2.28. The monoisotopic (exact) mass is 328 g/mol.